The summed E-state index contributed by atoms with van der Waals surface area (Å²) in [6.07, 6.45) is 0. The van der Waals surface area contributed by atoms with Gasteiger partial charge in [0.2, 0.25) is 0 Å². The first-order valence-corrected chi connectivity index (χ1v) is 10.5. The van der Waals surface area contributed by atoms with E-state index in [0.717, 1.165) is 29.4 Å². The first-order valence-electron chi connectivity index (χ1n) is 10.5. The van der Waals surface area contributed by atoms with Crippen LogP contribution in [0, 0.1) is 6.92 Å². The number of benzene rings is 3. The lowest BCUT2D eigenvalue weighted by Crippen LogP contribution is -2.25. The van der Waals surface area contributed by atoms with Crippen LogP contribution in [0.1, 0.15) is 35.1 Å². The Labute approximate surface area is 191 Å². The van der Waals surface area contributed by atoms with E-state index in [1.807, 2.05) is 25.1 Å². The Kier molecular flexibility index (Phi) is 7.42. The monoisotopic (exact) mass is 435 g/mol. The van der Waals surface area contributed by atoms with Gasteiger partial charge in [-0.05, 0) is 69.4 Å². The summed E-state index contributed by atoms with van der Waals surface area (Å²) < 4.78 is 12.2. The lowest BCUT2D eigenvalue weighted by atomic mass is 9.81. The molecule has 0 N–H and O–H groups in total. The second kappa shape index (κ2) is 10.0. The van der Waals surface area contributed by atoms with Crippen LogP contribution in [0.5, 0.6) is 11.5 Å². The predicted molar refractivity (Wildman–Crippen MR) is 130 cm³/mol. The quantitative estimate of drug-likeness (QED) is 0.452. The number of hydrogen-bond donors (Lipinski definition) is 0. The molecule has 3 aromatic rings. The summed E-state index contributed by atoms with van der Waals surface area (Å²) in [5.41, 5.74) is 6.11. The van der Waals surface area contributed by atoms with E-state index in [1.165, 1.54) is 22.3 Å². The average Bonchev–Trinajstić information content (AvgIpc) is 2.75. The molecule has 0 spiro atoms. The average molecular weight is 436 g/mol. The number of hydrogen-bond acceptors (Lipinski definition) is 3. The Morgan fingerprint density at radius 1 is 0.903 bits per heavy atom. The zero-order valence-electron chi connectivity index (χ0n) is 18.6. The van der Waals surface area contributed by atoms with Gasteiger partial charge < -0.3 is 14.4 Å². The van der Waals surface area contributed by atoms with E-state index in [2.05, 4.69) is 80.5 Å². The van der Waals surface area contributed by atoms with Crippen molar-refractivity contribution in [3.8, 4) is 11.5 Å². The molecule has 0 fully saturated rings. The number of fused-ring (bicyclic) bond motifs is 1. The van der Waals surface area contributed by atoms with Crippen molar-refractivity contribution in [3.05, 3.63) is 101 Å². The maximum absolute atomic E-state index is 6.52. The van der Waals surface area contributed by atoms with Crippen LogP contribution < -0.4 is 9.47 Å². The molecule has 1 aliphatic rings. The molecule has 162 valence electrons. The normalized spacial score (nSPS) is 15.2. The maximum Gasteiger partial charge on any atom is 0.136 e. The van der Waals surface area contributed by atoms with Gasteiger partial charge in [0, 0.05) is 23.6 Å². The van der Waals surface area contributed by atoms with Crippen molar-refractivity contribution in [2.24, 2.45) is 0 Å². The SMILES string of the molecule is CCOc1ccc(C2=C(CN(C)C)C(c3ccc(C)cc3)c3ccccc3O2)cc1.Cl. The zero-order valence-corrected chi connectivity index (χ0v) is 19.4. The Hall–Kier alpha value is -2.75. The van der Waals surface area contributed by atoms with Crippen LogP contribution in [0.25, 0.3) is 5.76 Å². The minimum Gasteiger partial charge on any atom is -0.494 e. The molecule has 0 aromatic heterocycles. The molecule has 0 saturated carbocycles. The van der Waals surface area contributed by atoms with E-state index < -0.39 is 0 Å². The smallest absolute Gasteiger partial charge is 0.136 e. The number of rotatable bonds is 6. The molecule has 3 nitrogen and oxygen atoms in total. The van der Waals surface area contributed by atoms with Crippen molar-refractivity contribution < 1.29 is 9.47 Å². The topological polar surface area (TPSA) is 21.7 Å². The van der Waals surface area contributed by atoms with Gasteiger partial charge in [0.25, 0.3) is 0 Å². The van der Waals surface area contributed by atoms with E-state index in [4.69, 9.17) is 9.47 Å². The second-order valence-electron chi connectivity index (χ2n) is 8.03. The molecule has 31 heavy (non-hydrogen) atoms. The van der Waals surface area contributed by atoms with Crippen molar-refractivity contribution >= 4 is 18.2 Å². The highest BCUT2D eigenvalue weighted by atomic mass is 35.5. The van der Waals surface area contributed by atoms with Crippen LogP contribution in [-0.2, 0) is 0 Å². The van der Waals surface area contributed by atoms with E-state index in [9.17, 15) is 0 Å². The molecule has 1 aliphatic heterocycles. The number of ether oxygens (including phenoxy) is 2. The van der Waals surface area contributed by atoms with Gasteiger partial charge in [-0.3, -0.25) is 0 Å². The summed E-state index contributed by atoms with van der Waals surface area (Å²) in [5, 5.41) is 0. The fraction of sp³-hybridized carbons (Fsp3) is 0.259. The van der Waals surface area contributed by atoms with Gasteiger partial charge in [-0.15, -0.1) is 12.4 Å². The number of para-hydroxylation sites is 1. The lowest BCUT2D eigenvalue weighted by Gasteiger charge is -2.33. The van der Waals surface area contributed by atoms with Crippen molar-refractivity contribution in [3.63, 3.8) is 0 Å². The van der Waals surface area contributed by atoms with Gasteiger partial charge in [0.15, 0.2) is 0 Å². The third-order valence-corrected chi connectivity index (χ3v) is 5.41. The lowest BCUT2D eigenvalue weighted by molar-refractivity contribution is 0.340. The molecule has 0 radical (unpaired) electrons. The van der Waals surface area contributed by atoms with E-state index >= 15 is 0 Å². The van der Waals surface area contributed by atoms with Crippen molar-refractivity contribution in [2.45, 2.75) is 19.8 Å². The summed E-state index contributed by atoms with van der Waals surface area (Å²) in [4.78, 5) is 2.21. The molecule has 4 rings (SSSR count). The highest BCUT2D eigenvalue weighted by Gasteiger charge is 2.31. The Morgan fingerprint density at radius 2 is 1.58 bits per heavy atom. The summed E-state index contributed by atoms with van der Waals surface area (Å²) in [6.45, 7) is 5.60. The third-order valence-electron chi connectivity index (χ3n) is 5.41. The Balaban J connectivity index is 0.00000272. The summed E-state index contributed by atoms with van der Waals surface area (Å²) >= 11 is 0. The summed E-state index contributed by atoms with van der Waals surface area (Å²) in [6, 6.07) is 25.5. The molecule has 4 heteroatoms. The van der Waals surface area contributed by atoms with Gasteiger partial charge in [-0.1, -0.05) is 48.0 Å². The van der Waals surface area contributed by atoms with Crippen molar-refractivity contribution in [1.29, 1.82) is 0 Å². The maximum atomic E-state index is 6.52. The Morgan fingerprint density at radius 3 is 2.23 bits per heavy atom. The number of nitrogens with zero attached hydrogens (tertiary/aromatic N) is 1. The molecule has 0 amide bonds. The third kappa shape index (κ3) is 4.95. The van der Waals surface area contributed by atoms with Crippen molar-refractivity contribution in [1.82, 2.24) is 4.90 Å². The van der Waals surface area contributed by atoms with Crippen molar-refractivity contribution in [2.75, 3.05) is 27.2 Å². The largest absolute Gasteiger partial charge is 0.494 e. The van der Waals surface area contributed by atoms with Gasteiger partial charge in [-0.25, -0.2) is 0 Å². The highest BCUT2D eigenvalue weighted by molar-refractivity contribution is 5.85. The van der Waals surface area contributed by atoms with E-state index in [-0.39, 0.29) is 18.3 Å². The van der Waals surface area contributed by atoms with Gasteiger partial charge in [0.05, 0.1) is 6.61 Å². The van der Waals surface area contributed by atoms with Gasteiger partial charge in [-0.2, -0.15) is 0 Å². The minimum absolute atomic E-state index is 0. The number of likely N-dealkylation sites (N-methyl/N-ethyl adjacent to an activating group) is 1. The number of halogens is 1. The molecule has 0 bridgehead atoms. The highest BCUT2D eigenvalue weighted by Crippen LogP contribution is 2.45. The van der Waals surface area contributed by atoms with Crippen LogP contribution in [0.15, 0.2) is 78.4 Å². The molecule has 1 heterocycles. The van der Waals surface area contributed by atoms with E-state index in [1.54, 1.807) is 0 Å². The fourth-order valence-electron chi connectivity index (χ4n) is 4.06. The first-order chi connectivity index (χ1) is 14.6. The van der Waals surface area contributed by atoms with E-state index in [0.29, 0.717) is 6.61 Å². The molecule has 1 unspecified atom stereocenters. The summed E-state index contributed by atoms with van der Waals surface area (Å²) in [5.74, 6) is 2.90. The van der Waals surface area contributed by atoms with Gasteiger partial charge >= 0.3 is 0 Å². The zero-order chi connectivity index (χ0) is 21.1. The number of aryl methyl sites for hydroxylation is 1. The fourth-order valence-corrected chi connectivity index (χ4v) is 4.06. The van der Waals surface area contributed by atoms with Crippen LogP contribution in [0.2, 0.25) is 0 Å². The van der Waals surface area contributed by atoms with Crippen LogP contribution in [0.4, 0.5) is 0 Å². The molecule has 0 saturated heterocycles. The predicted octanol–water partition coefficient (Wildman–Crippen LogP) is 6.31. The van der Waals surface area contributed by atoms with Crippen LogP contribution in [0.3, 0.4) is 0 Å². The molecule has 1 atom stereocenters. The molecule has 3 aromatic carbocycles. The van der Waals surface area contributed by atoms with Gasteiger partial charge in [0.1, 0.15) is 17.3 Å². The first kappa shape index (κ1) is 22.9. The van der Waals surface area contributed by atoms with Crippen LogP contribution >= 0.6 is 12.4 Å². The molecular formula is C27H30ClNO2. The Bertz CT molecular complexity index is 1040. The summed E-state index contributed by atoms with van der Waals surface area (Å²) in [7, 11) is 4.21. The molecular weight excluding hydrogens is 406 g/mol. The standard InChI is InChI=1S/C27H29NO2.ClH/c1-5-29-22-16-14-21(15-17-22)27-24(18-28(3)4)26(20-12-10-19(2)11-13-20)23-8-6-7-9-25(23)30-27;/h6-17,26H,5,18H2,1-4H3;1H. The second-order valence-corrected chi connectivity index (χ2v) is 8.03. The minimum atomic E-state index is 0. The molecule has 0 aliphatic carbocycles. The van der Waals surface area contributed by atoms with Crippen LogP contribution in [-0.4, -0.2) is 32.1 Å².